The summed E-state index contributed by atoms with van der Waals surface area (Å²) in [6, 6.07) is 3.86. The van der Waals surface area contributed by atoms with Gasteiger partial charge in [0.2, 0.25) is 0 Å². The predicted molar refractivity (Wildman–Crippen MR) is 282 cm³/mol. The lowest BCUT2D eigenvalue weighted by Crippen LogP contribution is -2.61. The molecule has 440 valence electrons. The average molecular weight is 1120 g/mol. The van der Waals surface area contributed by atoms with E-state index < -0.39 is 136 Å². The molecule has 21 nitrogen and oxygen atoms in total. The summed E-state index contributed by atoms with van der Waals surface area (Å²) in [5.74, 6) is -4.01. The zero-order valence-electron chi connectivity index (χ0n) is 47.9. The van der Waals surface area contributed by atoms with Crippen molar-refractivity contribution in [2.24, 2.45) is 29.6 Å². The van der Waals surface area contributed by atoms with Crippen molar-refractivity contribution in [3.05, 3.63) is 41.7 Å². The molecule has 1 aromatic carbocycles. The molecule has 77 heavy (non-hydrogen) atoms. The van der Waals surface area contributed by atoms with Gasteiger partial charge in [0, 0.05) is 84.3 Å². The van der Waals surface area contributed by atoms with Crippen molar-refractivity contribution in [2.45, 2.75) is 203 Å². The Kier molecular flexibility index (Phi) is 21.5. The van der Waals surface area contributed by atoms with E-state index in [1.165, 1.54) is 31.0 Å². The van der Waals surface area contributed by atoms with E-state index in [4.69, 9.17) is 42.6 Å². The number of alkyl halides is 1. The number of hydrogen-bond donors (Lipinski definition) is 2. The van der Waals surface area contributed by atoms with Gasteiger partial charge in [-0.25, -0.2) is 22.3 Å². The number of hydrogen-bond acceptors (Lipinski definition) is 18. The van der Waals surface area contributed by atoms with E-state index in [9.17, 15) is 32.3 Å². The number of aliphatic hydroxyl groups excluding tert-OH is 1. The van der Waals surface area contributed by atoms with Crippen LogP contribution in [-0.2, 0) is 68.5 Å². The molecule has 4 fully saturated rings. The van der Waals surface area contributed by atoms with E-state index in [0.29, 0.717) is 37.1 Å². The monoisotopic (exact) mass is 1120 g/mol. The number of Topliss-reactive ketones (excluding diaryl/α,β-unsaturated/α-hetero) is 1. The molecule has 4 aliphatic rings. The Bertz CT molecular complexity index is 2410. The Morgan fingerprint density at radius 3 is 2.19 bits per heavy atom. The zero-order valence-corrected chi connectivity index (χ0v) is 48.7. The Hall–Kier alpha value is -3.75. The van der Waals surface area contributed by atoms with Crippen molar-refractivity contribution < 1.29 is 81.8 Å². The van der Waals surface area contributed by atoms with Crippen molar-refractivity contribution >= 4 is 27.7 Å². The maximum atomic E-state index is 14.8. The van der Waals surface area contributed by atoms with Gasteiger partial charge in [-0.3, -0.25) is 9.59 Å². The Morgan fingerprint density at radius 2 is 1.61 bits per heavy atom. The second-order valence-electron chi connectivity index (χ2n) is 22.7. The first-order chi connectivity index (χ1) is 35.6. The van der Waals surface area contributed by atoms with E-state index >= 15 is 0 Å². The number of rotatable bonds is 17. The second-order valence-corrected chi connectivity index (χ2v) is 24.7. The van der Waals surface area contributed by atoms with Crippen LogP contribution >= 0.6 is 0 Å². The topological polar surface area (TPSA) is 266 Å². The standard InChI is InChI=1S/C54H86FN5O15S.H2O.H2/c1-17-41-54(11)47(56-51(64)75-54)31(4)43(61)29(2)25-53(10,69-15)48(32(5)45(33(6)49(63)72-41)73-42-26-52(9,68-14)34(7)35(8)71-42)74-50-44(62)39(24-30(3)70-50)59(12)23-22-37-28-60(58-57-37)40(27-55)46(67-13)36-18-20-38(21-19-36)76(16,65)66;;/h18-21,28-35,39-42,44-48,50,62H,17,22-27H2,1-16H3,(H,56,64);1H2;1H/t29-,30-,31+,32+,33-,34+,35+,39+,40-,41-,42+,44-,45+,46-,47-,48-,50+,52-,53-,54-;;/m1../s1. The van der Waals surface area contributed by atoms with Gasteiger partial charge < -0.3 is 63.4 Å². The number of aromatic nitrogens is 3. The normalized spacial score (nSPS) is 38.4. The van der Waals surface area contributed by atoms with Crippen molar-refractivity contribution in [2.75, 3.05) is 47.9 Å². The average Bonchev–Trinajstić information content (AvgIpc) is 3.98. The van der Waals surface area contributed by atoms with Gasteiger partial charge in [-0.2, -0.15) is 0 Å². The number of ether oxygens (including phenoxy) is 9. The summed E-state index contributed by atoms with van der Waals surface area (Å²) < 4.78 is 98.0. The molecule has 6 rings (SSSR count). The Labute approximate surface area is 455 Å². The first-order valence-corrected chi connectivity index (χ1v) is 28.6. The number of benzene rings is 1. The number of fused-ring (bicyclic) bond motifs is 1. The first kappa shape index (κ1) is 64.1. The number of nitrogens with one attached hydrogen (secondary N) is 1. The molecule has 23 heteroatoms. The van der Waals surface area contributed by atoms with Crippen LogP contribution in [0.15, 0.2) is 35.4 Å². The van der Waals surface area contributed by atoms with Crippen LogP contribution in [0.5, 0.6) is 0 Å². The van der Waals surface area contributed by atoms with Gasteiger partial charge in [-0.15, -0.1) is 5.10 Å². The number of nitrogens with zero attached hydrogens (tertiary/aromatic N) is 4. The number of alkyl carbamates (subject to hydrolysis) is 1. The fourth-order valence-corrected chi connectivity index (χ4v) is 12.8. The van der Waals surface area contributed by atoms with E-state index in [2.05, 4.69) is 22.6 Å². The number of cyclic esters (lactones) is 1. The Balaban J connectivity index is 0.00000656. The zero-order chi connectivity index (χ0) is 56.4. The van der Waals surface area contributed by atoms with Crippen LogP contribution in [0, 0.1) is 29.6 Å². The van der Waals surface area contributed by atoms with Gasteiger partial charge in [0.15, 0.2) is 28.0 Å². The van der Waals surface area contributed by atoms with E-state index in [-0.39, 0.29) is 42.4 Å². The van der Waals surface area contributed by atoms with Crippen molar-refractivity contribution in [1.29, 1.82) is 0 Å². The molecule has 0 spiro atoms. The second kappa shape index (κ2) is 25.8. The number of aliphatic hydroxyl groups is 1. The summed E-state index contributed by atoms with van der Waals surface area (Å²) in [5.41, 5.74) is -2.22. The summed E-state index contributed by atoms with van der Waals surface area (Å²) in [4.78, 5) is 44.6. The molecule has 0 aliphatic carbocycles. The lowest BCUT2D eigenvalue weighted by Gasteiger charge is -2.50. The molecule has 4 aliphatic heterocycles. The molecule has 0 unspecified atom stereocenters. The number of carbonyl (C=O) groups excluding carboxylic acids is 3. The van der Waals surface area contributed by atoms with Crippen LogP contribution < -0.4 is 5.32 Å². The largest absolute Gasteiger partial charge is 0.458 e. The minimum Gasteiger partial charge on any atom is -0.458 e. The predicted octanol–water partition coefficient (Wildman–Crippen LogP) is 5.40. The minimum atomic E-state index is -3.44. The maximum Gasteiger partial charge on any atom is 0.408 e. The third-order valence-electron chi connectivity index (χ3n) is 17.4. The molecule has 1 aromatic heterocycles. The lowest BCUT2D eigenvalue weighted by atomic mass is 9.73. The van der Waals surface area contributed by atoms with Gasteiger partial charge >= 0.3 is 12.1 Å². The number of carbonyl (C=O) groups is 3. The fourth-order valence-electron chi connectivity index (χ4n) is 12.2. The molecule has 2 aromatic rings. The molecular formula is C54H90FN5O16S. The quantitative estimate of drug-likeness (QED) is 0.188. The molecule has 4 saturated heterocycles. The molecule has 4 N–H and O–H groups in total. The lowest BCUT2D eigenvalue weighted by molar-refractivity contribution is -0.315. The number of sulfone groups is 1. The van der Waals surface area contributed by atoms with Gasteiger partial charge in [-0.05, 0) is 85.5 Å². The summed E-state index contributed by atoms with van der Waals surface area (Å²) in [7, 11) is 3.06. The smallest absolute Gasteiger partial charge is 0.408 e. The molecule has 5 heterocycles. The van der Waals surface area contributed by atoms with Gasteiger partial charge in [0.1, 0.15) is 36.8 Å². The minimum absolute atomic E-state index is 0. The first-order valence-electron chi connectivity index (χ1n) is 26.7. The molecule has 0 radical (unpaired) electrons. The molecular weight excluding hydrogens is 1030 g/mol. The third-order valence-corrected chi connectivity index (χ3v) is 18.5. The van der Waals surface area contributed by atoms with Crippen LogP contribution in [0.1, 0.15) is 127 Å². The highest BCUT2D eigenvalue weighted by Gasteiger charge is 2.58. The van der Waals surface area contributed by atoms with Gasteiger partial charge in [0.25, 0.3) is 0 Å². The number of amides is 1. The number of methoxy groups -OCH3 is 3. The number of esters is 1. The van der Waals surface area contributed by atoms with Crippen LogP contribution in [0.4, 0.5) is 9.18 Å². The van der Waals surface area contributed by atoms with Gasteiger partial charge in [0.05, 0.1) is 58.2 Å². The van der Waals surface area contributed by atoms with Crippen molar-refractivity contribution in [3.63, 3.8) is 0 Å². The van der Waals surface area contributed by atoms with Crippen LogP contribution in [0.3, 0.4) is 0 Å². The molecule has 1 amide bonds. The highest BCUT2D eigenvalue weighted by Crippen LogP contribution is 2.44. The van der Waals surface area contributed by atoms with E-state index in [1.807, 2.05) is 60.4 Å². The third kappa shape index (κ3) is 13.7. The molecule has 20 atom stereocenters. The van der Waals surface area contributed by atoms with Crippen LogP contribution in [0.2, 0.25) is 0 Å². The SMILES string of the molecule is CC[C@H]1OC(=O)[C@H](C)[C@@H](O[C@H]2C[C@@](C)(OC)[C@@H](C)[C@H](C)O2)[C@H](C)[C@@H](O[C@@H]2O[C@H](C)C[C@H](N(C)CCc3cn([C@H](CF)[C@H](OC)c4ccc(S(C)(=O)=O)cc4)nn3)[C@H]2O)[C@](C)(OC)C[C@@H](C)C(=O)[C@H](C)[C@H]2NC(=O)O[C@@]21C.O.[HH]. The molecule has 0 saturated carbocycles. The fraction of sp³-hybridized carbons (Fsp3) is 0.796. The van der Waals surface area contributed by atoms with Gasteiger partial charge in [-0.1, -0.05) is 52.0 Å². The van der Waals surface area contributed by atoms with Crippen LogP contribution in [0.25, 0.3) is 0 Å². The Morgan fingerprint density at radius 1 is 0.961 bits per heavy atom. The highest BCUT2D eigenvalue weighted by molar-refractivity contribution is 7.90. The van der Waals surface area contributed by atoms with E-state index in [1.54, 1.807) is 46.2 Å². The summed E-state index contributed by atoms with van der Waals surface area (Å²) in [6.45, 7) is 19.9. The van der Waals surface area contributed by atoms with Crippen molar-refractivity contribution in [1.82, 2.24) is 25.2 Å². The summed E-state index contributed by atoms with van der Waals surface area (Å²) in [5, 5.41) is 23.9. The number of likely N-dealkylation sites (N-methyl/N-ethyl adjacent to an activating group) is 1. The van der Waals surface area contributed by atoms with Crippen molar-refractivity contribution in [3.8, 4) is 0 Å². The maximum absolute atomic E-state index is 14.8. The number of ketones is 1. The summed E-state index contributed by atoms with van der Waals surface area (Å²) in [6.07, 6.45) is -4.23. The molecule has 0 bridgehead atoms. The highest BCUT2D eigenvalue weighted by atomic mass is 32.2. The summed E-state index contributed by atoms with van der Waals surface area (Å²) >= 11 is 0. The van der Waals surface area contributed by atoms with Crippen LogP contribution in [-0.4, -0.2) is 183 Å². The van der Waals surface area contributed by atoms with E-state index in [0.717, 1.165) is 6.26 Å². The number of halogens is 1.